The molecule has 8 nitrogen and oxygen atoms in total. The van der Waals surface area contributed by atoms with Gasteiger partial charge in [-0.2, -0.15) is 0 Å². The number of allylic oxidation sites excluding steroid dienone is 4. The lowest BCUT2D eigenvalue weighted by Gasteiger charge is -2.42. The van der Waals surface area contributed by atoms with Crippen molar-refractivity contribution in [2.45, 2.75) is 223 Å². The van der Waals surface area contributed by atoms with Crippen LogP contribution in [0.2, 0.25) is 0 Å². The van der Waals surface area contributed by atoms with E-state index in [9.17, 15) is 14.4 Å². The predicted molar refractivity (Wildman–Crippen MR) is 236 cm³/mol. The van der Waals surface area contributed by atoms with Gasteiger partial charge in [0.15, 0.2) is 6.29 Å². The molecule has 1 saturated carbocycles. The molecule has 0 amide bonds. The van der Waals surface area contributed by atoms with Crippen LogP contribution in [-0.2, 0) is 38.1 Å². The highest BCUT2D eigenvalue weighted by molar-refractivity contribution is 5.70. The van der Waals surface area contributed by atoms with Crippen LogP contribution in [0.15, 0.2) is 23.3 Å². The second-order valence-corrected chi connectivity index (χ2v) is 19.2. The van der Waals surface area contributed by atoms with E-state index < -0.39 is 0 Å². The Morgan fingerprint density at radius 3 is 2.07 bits per heavy atom. The smallest absolute Gasteiger partial charge is 0.306 e. The third-order valence-corrected chi connectivity index (χ3v) is 14.0. The van der Waals surface area contributed by atoms with E-state index in [1.165, 1.54) is 17.6 Å². The standard InChI is InChI=1S/C50H88O8/c1-12-14-25-46(52)57-42(24-20-26-47(53)58-44-36-40(8)50(11,13-2)49(44,9)10)23-17-15-16-18-33-54-45(51)29-30-48-55-34-31-39(7)43(28-27-38(5)6)41(32-35-56-48)22-19-21-37(3)4/h21,27,39-44,48H,12-20,22-26,28-36H2,1-11H3/t39?,40?,41?,42?,43?,44-,48?,50?/m1/s1. The summed E-state index contributed by atoms with van der Waals surface area (Å²) in [6.45, 7) is 26.1. The van der Waals surface area contributed by atoms with Gasteiger partial charge in [0.1, 0.15) is 12.2 Å². The van der Waals surface area contributed by atoms with E-state index in [0.717, 1.165) is 83.5 Å². The SMILES string of the molecule is CCCCC(=O)OC(CCCCCCOC(=O)CCC1OCCC(C)C(CC=C(C)C)C(CCC=C(C)C)CCO1)CCCC(=O)O[C@@H]1CC(C)C(C)(CC)C1(C)C. The summed E-state index contributed by atoms with van der Waals surface area (Å²) in [4.78, 5) is 38.2. The average Bonchev–Trinajstić information content (AvgIpc) is 3.33. The van der Waals surface area contributed by atoms with Crippen LogP contribution in [-0.4, -0.2) is 56.2 Å². The maximum absolute atomic E-state index is 12.9. The quantitative estimate of drug-likeness (QED) is 0.0389. The molecule has 2 aliphatic rings. The molecule has 0 bridgehead atoms. The summed E-state index contributed by atoms with van der Waals surface area (Å²) in [6, 6.07) is 0. The molecule has 0 aromatic rings. The van der Waals surface area contributed by atoms with E-state index >= 15 is 0 Å². The summed E-state index contributed by atoms with van der Waals surface area (Å²) in [5.41, 5.74) is 2.81. The Labute approximate surface area is 355 Å². The highest BCUT2D eigenvalue weighted by Gasteiger charge is 2.56. The second kappa shape index (κ2) is 27.6. The molecule has 336 valence electrons. The van der Waals surface area contributed by atoms with Crippen molar-refractivity contribution in [2.24, 2.45) is 34.5 Å². The van der Waals surface area contributed by atoms with Crippen LogP contribution < -0.4 is 0 Å². The number of carbonyl (C=O) groups is 3. The average molecular weight is 817 g/mol. The highest BCUT2D eigenvalue weighted by atomic mass is 16.7. The van der Waals surface area contributed by atoms with Gasteiger partial charge in [0.05, 0.1) is 19.6 Å². The van der Waals surface area contributed by atoms with Gasteiger partial charge in [-0.15, -0.1) is 0 Å². The van der Waals surface area contributed by atoms with Crippen LogP contribution in [0.5, 0.6) is 0 Å². The molecule has 0 spiro atoms. The van der Waals surface area contributed by atoms with Crippen LogP contribution in [0, 0.1) is 34.5 Å². The van der Waals surface area contributed by atoms with Crippen LogP contribution in [0.4, 0.5) is 0 Å². The molecular weight excluding hydrogens is 729 g/mol. The molecule has 1 heterocycles. The van der Waals surface area contributed by atoms with Crippen molar-refractivity contribution >= 4 is 17.9 Å². The van der Waals surface area contributed by atoms with Gasteiger partial charge in [-0.05, 0) is 140 Å². The topological polar surface area (TPSA) is 97.4 Å². The number of ether oxygens (including phenoxy) is 5. The second-order valence-electron chi connectivity index (χ2n) is 19.2. The lowest BCUT2D eigenvalue weighted by atomic mass is 9.64. The fourth-order valence-corrected chi connectivity index (χ4v) is 9.30. The van der Waals surface area contributed by atoms with Crippen LogP contribution in [0.3, 0.4) is 0 Å². The monoisotopic (exact) mass is 817 g/mol. The first-order valence-corrected chi connectivity index (χ1v) is 23.6. The molecule has 1 aliphatic heterocycles. The Morgan fingerprint density at radius 1 is 0.759 bits per heavy atom. The first-order valence-electron chi connectivity index (χ1n) is 23.6. The summed E-state index contributed by atoms with van der Waals surface area (Å²) in [5, 5.41) is 0. The number of carbonyl (C=O) groups excluding carboxylic acids is 3. The Bertz CT molecular complexity index is 1250. The van der Waals surface area contributed by atoms with Crippen molar-refractivity contribution < 1.29 is 38.1 Å². The molecule has 8 heteroatoms. The minimum atomic E-state index is -0.386. The zero-order chi connectivity index (χ0) is 43.1. The molecule has 2 rings (SSSR count). The van der Waals surface area contributed by atoms with Crippen LogP contribution in [0.1, 0.15) is 205 Å². The number of rotatable bonds is 25. The number of hydrogen-bond acceptors (Lipinski definition) is 8. The maximum atomic E-state index is 12.9. The number of unbranched alkanes of at least 4 members (excludes halogenated alkanes) is 4. The Morgan fingerprint density at radius 2 is 1.41 bits per heavy atom. The van der Waals surface area contributed by atoms with E-state index in [4.69, 9.17) is 23.7 Å². The normalized spacial score (nSPS) is 26.6. The Kier molecular flexibility index (Phi) is 24.7. The zero-order valence-corrected chi connectivity index (χ0v) is 39.2. The van der Waals surface area contributed by atoms with E-state index in [-0.39, 0.29) is 53.7 Å². The molecule has 2 fully saturated rings. The van der Waals surface area contributed by atoms with Gasteiger partial charge in [-0.3, -0.25) is 14.4 Å². The van der Waals surface area contributed by atoms with E-state index in [1.54, 1.807) is 0 Å². The third kappa shape index (κ3) is 18.6. The van der Waals surface area contributed by atoms with E-state index in [1.807, 2.05) is 0 Å². The summed E-state index contributed by atoms with van der Waals surface area (Å²) in [7, 11) is 0. The van der Waals surface area contributed by atoms with Crippen molar-refractivity contribution in [3.8, 4) is 0 Å². The fourth-order valence-electron chi connectivity index (χ4n) is 9.30. The molecule has 58 heavy (non-hydrogen) atoms. The number of hydrogen-bond donors (Lipinski definition) is 0. The molecule has 0 radical (unpaired) electrons. The molecular formula is C50H88O8. The Hall–Kier alpha value is -2.19. The van der Waals surface area contributed by atoms with Crippen molar-refractivity contribution in [1.82, 2.24) is 0 Å². The van der Waals surface area contributed by atoms with Gasteiger partial charge in [-0.1, -0.05) is 91.0 Å². The van der Waals surface area contributed by atoms with Crippen LogP contribution in [0.25, 0.3) is 0 Å². The summed E-state index contributed by atoms with van der Waals surface area (Å²) in [5.74, 6) is 1.73. The largest absolute Gasteiger partial charge is 0.466 e. The van der Waals surface area contributed by atoms with Gasteiger partial charge in [0.25, 0.3) is 0 Å². The molecule has 0 N–H and O–H groups in total. The fraction of sp³-hybridized carbons (Fsp3) is 0.860. The maximum Gasteiger partial charge on any atom is 0.306 e. The first-order chi connectivity index (χ1) is 27.5. The molecule has 0 aromatic heterocycles. The minimum absolute atomic E-state index is 0.0724. The molecule has 7 unspecified atom stereocenters. The first kappa shape index (κ1) is 51.9. The van der Waals surface area contributed by atoms with Gasteiger partial charge in [0.2, 0.25) is 0 Å². The van der Waals surface area contributed by atoms with Gasteiger partial charge in [-0.25, -0.2) is 0 Å². The molecule has 0 aromatic carbocycles. The van der Waals surface area contributed by atoms with Gasteiger partial charge >= 0.3 is 17.9 Å². The highest BCUT2D eigenvalue weighted by Crippen LogP contribution is 2.58. The summed E-state index contributed by atoms with van der Waals surface area (Å²) >= 11 is 0. The summed E-state index contributed by atoms with van der Waals surface area (Å²) in [6.07, 6.45) is 20.4. The third-order valence-electron chi connectivity index (χ3n) is 14.0. The van der Waals surface area contributed by atoms with Crippen molar-refractivity contribution in [3.63, 3.8) is 0 Å². The van der Waals surface area contributed by atoms with Crippen molar-refractivity contribution in [2.75, 3.05) is 19.8 Å². The zero-order valence-electron chi connectivity index (χ0n) is 39.2. The van der Waals surface area contributed by atoms with E-state index in [0.29, 0.717) is 75.6 Å². The lowest BCUT2D eigenvalue weighted by Crippen LogP contribution is -2.40. The van der Waals surface area contributed by atoms with Crippen LogP contribution >= 0.6 is 0 Å². The summed E-state index contributed by atoms with van der Waals surface area (Å²) < 4.78 is 30.0. The molecule has 8 atom stereocenters. The molecule has 1 aliphatic carbocycles. The lowest BCUT2D eigenvalue weighted by molar-refractivity contribution is -0.164. The predicted octanol–water partition coefficient (Wildman–Crippen LogP) is 13.1. The Balaban J connectivity index is 1.73. The van der Waals surface area contributed by atoms with Gasteiger partial charge < -0.3 is 23.7 Å². The molecule has 1 saturated heterocycles. The van der Waals surface area contributed by atoms with E-state index in [2.05, 4.69) is 88.3 Å². The van der Waals surface area contributed by atoms with Gasteiger partial charge in [0, 0.05) is 31.3 Å². The van der Waals surface area contributed by atoms with Crippen molar-refractivity contribution in [3.05, 3.63) is 23.3 Å². The number of esters is 3. The minimum Gasteiger partial charge on any atom is -0.466 e. The van der Waals surface area contributed by atoms with Crippen molar-refractivity contribution in [1.29, 1.82) is 0 Å².